The number of morpholine rings is 1. The monoisotopic (exact) mass is 321 g/mol. The second-order valence-corrected chi connectivity index (χ2v) is 6.51. The molecule has 6 nitrogen and oxygen atoms in total. The molecule has 0 aromatic carbocycles. The Balaban J connectivity index is 1.42. The van der Waals surface area contributed by atoms with Gasteiger partial charge in [0.1, 0.15) is 12.0 Å². The Labute approximate surface area is 137 Å². The van der Waals surface area contributed by atoms with Crippen LogP contribution in [0, 0.1) is 0 Å². The smallest absolute Gasteiger partial charge is 0.254 e. The summed E-state index contributed by atoms with van der Waals surface area (Å²) >= 11 is 0. The molecule has 3 rings (SSSR count). The fraction of sp³-hybridized carbons (Fsp3) is 0.706. The fourth-order valence-electron chi connectivity index (χ4n) is 3.36. The molecule has 128 valence electrons. The molecule has 6 heteroatoms. The van der Waals surface area contributed by atoms with Gasteiger partial charge in [0.15, 0.2) is 0 Å². The Bertz CT molecular complexity index is 511. The van der Waals surface area contributed by atoms with E-state index in [1.165, 1.54) is 19.4 Å². The highest BCUT2D eigenvalue weighted by Crippen LogP contribution is 2.17. The summed E-state index contributed by atoms with van der Waals surface area (Å²) in [5.41, 5.74) is 0.619. The van der Waals surface area contributed by atoms with Gasteiger partial charge in [-0.05, 0) is 38.9 Å². The zero-order valence-corrected chi connectivity index (χ0v) is 13.9. The number of carbonyl (C=O) groups excluding carboxylic acids is 1. The van der Waals surface area contributed by atoms with Crippen LogP contribution in [0.1, 0.15) is 35.4 Å². The number of amides is 1. The van der Waals surface area contributed by atoms with Crippen LogP contribution in [0.3, 0.4) is 0 Å². The van der Waals surface area contributed by atoms with Crippen LogP contribution < -0.4 is 5.32 Å². The maximum absolute atomic E-state index is 12.2. The number of hydrogen-bond donors (Lipinski definition) is 1. The predicted molar refractivity (Wildman–Crippen MR) is 87.4 cm³/mol. The number of hydrogen-bond acceptors (Lipinski definition) is 5. The summed E-state index contributed by atoms with van der Waals surface area (Å²) in [6.07, 6.45) is 5.08. The minimum absolute atomic E-state index is 0.0392. The first-order valence-electron chi connectivity index (χ1n) is 8.58. The third kappa shape index (κ3) is 4.56. The highest BCUT2D eigenvalue weighted by atomic mass is 16.5. The summed E-state index contributed by atoms with van der Waals surface area (Å²) in [6, 6.07) is 2.46. The minimum Gasteiger partial charge on any atom is -0.467 e. The molecule has 0 bridgehead atoms. The van der Waals surface area contributed by atoms with Crippen molar-refractivity contribution in [2.45, 2.75) is 31.8 Å². The van der Waals surface area contributed by atoms with Crippen molar-refractivity contribution in [2.24, 2.45) is 0 Å². The molecule has 0 radical (unpaired) electrons. The Morgan fingerprint density at radius 2 is 2.17 bits per heavy atom. The predicted octanol–water partition coefficient (Wildman–Crippen LogP) is 1.33. The lowest BCUT2D eigenvalue weighted by Gasteiger charge is -2.25. The van der Waals surface area contributed by atoms with Gasteiger partial charge >= 0.3 is 0 Å². The highest BCUT2D eigenvalue weighted by molar-refractivity contribution is 5.93. The number of nitrogens with zero attached hydrogens (tertiary/aromatic N) is 2. The quantitative estimate of drug-likeness (QED) is 0.856. The second kappa shape index (κ2) is 7.95. The van der Waals surface area contributed by atoms with E-state index in [1.54, 1.807) is 6.26 Å². The molecular formula is C17H27N3O3. The molecule has 23 heavy (non-hydrogen) atoms. The average Bonchev–Trinajstić information content (AvgIpc) is 3.18. The van der Waals surface area contributed by atoms with Crippen LogP contribution in [0.2, 0.25) is 0 Å². The topological polar surface area (TPSA) is 58.0 Å². The van der Waals surface area contributed by atoms with Crippen LogP contribution in [0.4, 0.5) is 0 Å². The van der Waals surface area contributed by atoms with Gasteiger partial charge in [-0.3, -0.25) is 9.69 Å². The molecule has 1 atom stereocenters. The lowest BCUT2D eigenvalue weighted by atomic mass is 10.1. The first-order valence-corrected chi connectivity index (χ1v) is 8.58. The molecule has 1 aromatic rings. The molecule has 1 N–H and O–H groups in total. The SMILES string of the molecule is CN1CCC[C@@H]1CCNC(=O)c1coc(CN2CCOCC2)c1. The third-order valence-electron chi connectivity index (χ3n) is 4.83. The molecule has 0 saturated carbocycles. The molecular weight excluding hydrogens is 294 g/mol. The fourth-order valence-corrected chi connectivity index (χ4v) is 3.36. The summed E-state index contributed by atoms with van der Waals surface area (Å²) in [4.78, 5) is 16.8. The van der Waals surface area contributed by atoms with Crippen LogP contribution in [-0.4, -0.2) is 68.2 Å². The lowest BCUT2D eigenvalue weighted by Crippen LogP contribution is -2.35. The van der Waals surface area contributed by atoms with Crippen LogP contribution in [0.15, 0.2) is 16.7 Å². The Hall–Kier alpha value is -1.37. The molecule has 2 saturated heterocycles. The summed E-state index contributed by atoms with van der Waals surface area (Å²) in [7, 11) is 2.16. The van der Waals surface area contributed by atoms with E-state index in [0.717, 1.165) is 51.6 Å². The second-order valence-electron chi connectivity index (χ2n) is 6.51. The Kier molecular flexibility index (Phi) is 5.70. The zero-order chi connectivity index (χ0) is 16.1. The van der Waals surface area contributed by atoms with Crippen molar-refractivity contribution in [1.82, 2.24) is 15.1 Å². The standard InChI is InChI=1S/C17H27N3O3/c1-19-6-2-3-15(19)4-5-18-17(21)14-11-16(23-13-14)12-20-7-9-22-10-8-20/h11,13,15H,2-10,12H2,1H3,(H,18,21)/t15-/m1/s1. The Morgan fingerprint density at radius 1 is 1.35 bits per heavy atom. The van der Waals surface area contributed by atoms with Crippen molar-refractivity contribution in [1.29, 1.82) is 0 Å². The van der Waals surface area contributed by atoms with E-state index >= 15 is 0 Å². The van der Waals surface area contributed by atoms with E-state index in [-0.39, 0.29) is 5.91 Å². The molecule has 2 fully saturated rings. The number of likely N-dealkylation sites (tertiary alicyclic amines) is 1. The minimum atomic E-state index is -0.0392. The molecule has 2 aliphatic rings. The zero-order valence-electron chi connectivity index (χ0n) is 13.9. The van der Waals surface area contributed by atoms with Crippen molar-refractivity contribution >= 4 is 5.91 Å². The van der Waals surface area contributed by atoms with Crippen molar-refractivity contribution in [3.05, 3.63) is 23.7 Å². The van der Waals surface area contributed by atoms with E-state index in [2.05, 4.69) is 22.2 Å². The largest absolute Gasteiger partial charge is 0.467 e. The first-order chi connectivity index (χ1) is 11.2. The average molecular weight is 321 g/mol. The van der Waals surface area contributed by atoms with Gasteiger partial charge in [0, 0.05) is 25.7 Å². The number of furan rings is 1. The van der Waals surface area contributed by atoms with Crippen molar-refractivity contribution < 1.29 is 13.9 Å². The van der Waals surface area contributed by atoms with Crippen LogP contribution >= 0.6 is 0 Å². The number of ether oxygens (including phenoxy) is 1. The van der Waals surface area contributed by atoms with Crippen LogP contribution in [-0.2, 0) is 11.3 Å². The van der Waals surface area contributed by atoms with E-state index < -0.39 is 0 Å². The maximum Gasteiger partial charge on any atom is 0.254 e. The van der Waals surface area contributed by atoms with Crippen molar-refractivity contribution in [3.63, 3.8) is 0 Å². The number of nitrogens with one attached hydrogen (secondary N) is 1. The van der Waals surface area contributed by atoms with Gasteiger partial charge < -0.3 is 19.4 Å². The van der Waals surface area contributed by atoms with Gasteiger partial charge in [0.2, 0.25) is 0 Å². The van der Waals surface area contributed by atoms with Crippen LogP contribution in [0.5, 0.6) is 0 Å². The molecule has 2 aliphatic heterocycles. The molecule has 0 unspecified atom stereocenters. The molecule has 1 amide bonds. The van der Waals surface area contributed by atoms with Gasteiger partial charge in [0.25, 0.3) is 5.91 Å². The molecule has 3 heterocycles. The van der Waals surface area contributed by atoms with Gasteiger partial charge in [-0.25, -0.2) is 0 Å². The summed E-state index contributed by atoms with van der Waals surface area (Å²) in [5, 5.41) is 3.00. The Morgan fingerprint density at radius 3 is 2.91 bits per heavy atom. The van der Waals surface area contributed by atoms with Gasteiger partial charge in [-0.2, -0.15) is 0 Å². The van der Waals surface area contributed by atoms with E-state index in [4.69, 9.17) is 9.15 Å². The molecule has 0 spiro atoms. The van der Waals surface area contributed by atoms with Gasteiger partial charge in [0.05, 0.1) is 25.3 Å². The number of carbonyl (C=O) groups is 1. The summed E-state index contributed by atoms with van der Waals surface area (Å²) in [6.45, 7) is 5.99. The van der Waals surface area contributed by atoms with Crippen molar-refractivity contribution in [2.75, 3.05) is 46.4 Å². The normalized spacial score (nSPS) is 23.3. The first kappa shape index (κ1) is 16.5. The molecule has 1 aromatic heterocycles. The molecule has 0 aliphatic carbocycles. The van der Waals surface area contributed by atoms with E-state index in [0.29, 0.717) is 11.6 Å². The summed E-state index contributed by atoms with van der Waals surface area (Å²) < 4.78 is 10.9. The van der Waals surface area contributed by atoms with Gasteiger partial charge in [-0.15, -0.1) is 0 Å². The lowest BCUT2D eigenvalue weighted by molar-refractivity contribution is 0.0313. The van der Waals surface area contributed by atoms with Gasteiger partial charge in [-0.1, -0.05) is 0 Å². The van der Waals surface area contributed by atoms with Crippen molar-refractivity contribution in [3.8, 4) is 0 Å². The van der Waals surface area contributed by atoms with E-state index in [9.17, 15) is 4.79 Å². The maximum atomic E-state index is 12.2. The summed E-state index contributed by atoms with van der Waals surface area (Å²) in [5.74, 6) is 0.801. The van der Waals surface area contributed by atoms with Crippen LogP contribution in [0.25, 0.3) is 0 Å². The highest BCUT2D eigenvalue weighted by Gasteiger charge is 2.20. The van der Waals surface area contributed by atoms with E-state index in [1.807, 2.05) is 6.07 Å². The third-order valence-corrected chi connectivity index (χ3v) is 4.83. The number of rotatable bonds is 6.